The number of nitrogens with zero attached hydrogens (tertiary/aromatic N) is 2. The molecule has 0 fully saturated rings. The summed E-state index contributed by atoms with van der Waals surface area (Å²) in [5.41, 5.74) is 3.44. The van der Waals surface area contributed by atoms with Crippen LogP contribution in [0, 0.1) is 5.82 Å². The molecule has 3 rings (SSSR count). The van der Waals surface area contributed by atoms with Crippen molar-refractivity contribution < 1.29 is 13.2 Å². The standard InChI is InChI=1S/C17H13FN2O2S/c18-17-8-12(3-4-14(17)11-23(21)22)16-10-20-7-5-15(16)13-2-1-6-19-9-13/h1-10H,11H2,(H,21,22). The minimum atomic E-state index is -2.07. The molecule has 4 nitrogen and oxygen atoms in total. The van der Waals surface area contributed by atoms with Crippen molar-refractivity contribution in [2.24, 2.45) is 0 Å². The molecule has 23 heavy (non-hydrogen) atoms. The highest BCUT2D eigenvalue weighted by Gasteiger charge is 2.11. The molecule has 6 heteroatoms. The lowest BCUT2D eigenvalue weighted by Crippen LogP contribution is -1.97. The first kappa shape index (κ1) is 15.5. The van der Waals surface area contributed by atoms with Crippen LogP contribution in [0.25, 0.3) is 22.3 Å². The largest absolute Gasteiger partial charge is 0.306 e. The molecule has 2 heterocycles. The molecule has 1 atom stereocenters. The van der Waals surface area contributed by atoms with Crippen molar-refractivity contribution in [2.75, 3.05) is 0 Å². The van der Waals surface area contributed by atoms with Crippen LogP contribution >= 0.6 is 0 Å². The zero-order valence-corrected chi connectivity index (χ0v) is 12.8. The van der Waals surface area contributed by atoms with E-state index in [4.69, 9.17) is 4.55 Å². The number of rotatable bonds is 4. The third kappa shape index (κ3) is 3.49. The summed E-state index contributed by atoms with van der Waals surface area (Å²) < 4.78 is 33.9. The molecule has 0 amide bonds. The smallest absolute Gasteiger partial charge is 0.157 e. The van der Waals surface area contributed by atoms with Gasteiger partial charge >= 0.3 is 0 Å². The third-order valence-corrected chi connectivity index (χ3v) is 3.99. The first-order valence-corrected chi connectivity index (χ1v) is 8.13. The van der Waals surface area contributed by atoms with Crippen molar-refractivity contribution in [3.63, 3.8) is 0 Å². The van der Waals surface area contributed by atoms with Crippen LogP contribution in [-0.4, -0.2) is 18.7 Å². The predicted octanol–water partition coefficient (Wildman–Crippen LogP) is 3.67. The van der Waals surface area contributed by atoms with Gasteiger partial charge in [0.15, 0.2) is 11.1 Å². The average molecular weight is 328 g/mol. The Balaban J connectivity index is 2.06. The van der Waals surface area contributed by atoms with Crippen LogP contribution in [0.15, 0.2) is 61.2 Å². The molecule has 3 aromatic rings. The maximum atomic E-state index is 14.2. The average Bonchev–Trinajstić information content (AvgIpc) is 2.57. The van der Waals surface area contributed by atoms with Gasteiger partial charge in [-0.1, -0.05) is 18.2 Å². The molecule has 1 N–H and O–H groups in total. The quantitative estimate of drug-likeness (QED) is 0.742. The number of aromatic nitrogens is 2. The van der Waals surface area contributed by atoms with E-state index in [1.54, 1.807) is 30.9 Å². The number of hydrogen-bond donors (Lipinski definition) is 1. The number of pyridine rings is 2. The molecule has 0 bridgehead atoms. The highest BCUT2D eigenvalue weighted by Crippen LogP contribution is 2.31. The summed E-state index contributed by atoms with van der Waals surface area (Å²) in [4.78, 5) is 8.22. The topological polar surface area (TPSA) is 63.1 Å². The molecular weight excluding hydrogens is 315 g/mol. The van der Waals surface area contributed by atoms with Gasteiger partial charge in [-0.05, 0) is 29.3 Å². The summed E-state index contributed by atoms with van der Waals surface area (Å²) in [6, 6.07) is 10.2. The fourth-order valence-corrected chi connectivity index (χ4v) is 2.86. The molecule has 1 aromatic carbocycles. The molecule has 2 aromatic heterocycles. The second-order valence-electron chi connectivity index (χ2n) is 4.93. The van der Waals surface area contributed by atoms with Gasteiger partial charge in [-0.25, -0.2) is 8.60 Å². The third-order valence-electron chi connectivity index (χ3n) is 3.44. The fourth-order valence-electron chi connectivity index (χ4n) is 2.36. The first-order valence-electron chi connectivity index (χ1n) is 6.86. The summed E-state index contributed by atoms with van der Waals surface area (Å²) in [6.07, 6.45) is 6.76. The minimum absolute atomic E-state index is 0.210. The molecule has 0 saturated heterocycles. The summed E-state index contributed by atoms with van der Waals surface area (Å²) in [5.74, 6) is -0.736. The zero-order valence-electron chi connectivity index (χ0n) is 12.0. The van der Waals surface area contributed by atoms with E-state index in [1.165, 1.54) is 12.1 Å². The van der Waals surface area contributed by atoms with Gasteiger partial charge in [-0.15, -0.1) is 0 Å². The Kier molecular flexibility index (Phi) is 4.55. The van der Waals surface area contributed by atoms with Gasteiger partial charge in [0.25, 0.3) is 0 Å². The van der Waals surface area contributed by atoms with Crippen LogP contribution in [0.3, 0.4) is 0 Å². The lowest BCUT2D eigenvalue weighted by Gasteiger charge is -2.10. The normalized spacial score (nSPS) is 12.1. The maximum Gasteiger partial charge on any atom is 0.157 e. The minimum Gasteiger partial charge on any atom is -0.306 e. The first-order chi connectivity index (χ1) is 11.1. The van der Waals surface area contributed by atoms with Crippen LogP contribution < -0.4 is 0 Å². The van der Waals surface area contributed by atoms with Crippen LogP contribution in [0.1, 0.15) is 5.56 Å². The zero-order chi connectivity index (χ0) is 16.2. The predicted molar refractivity (Wildman–Crippen MR) is 87.3 cm³/mol. The highest BCUT2D eigenvalue weighted by molar-refractivity contribution is 7.78. The number of benzene rings is 1. The molecule has 1 unspecified atom stereocenters. The van der Waals surface area contributed by atoms with Crippen LogP contribution in [-0.2, 0) is 16.8 Å². The Morgan fingerprint density at radius 1 is 1.00 bits per heavy atom. The Hall–Kier alpha value is -2.44. The fraction of sp³-hybridized carbons (Fsp3) is 0.0588. The second-order valence-corrected chi connectivity index (χ2v) is 5.87. The maximum absolute atomic E-state index is 14.2. The van der Waals surface area contributed by atoms with E-state index in [-0.39, 0.29) is 11.3 Å². The lowest BCUT2D eigenvalue weighted by atomic mass is 9.97. The van der Waals surface area contributed by atoms with Gasteiger partial charge in [-0.2, -0.15) is 0 Å². The molecule has 0 aliphatic rings. The second kappa shape index (κ2) is 6.76. The van der Waals surface area contributed by atoms with E-state index >= 15 is 0 Å². The van der Waals surface area contributed by atoms with E-state index < -0.39 is 16.9 Å². The molecule has 0 saturated carbocycles. The molecule has 0 radical (unpaired) electrons. The lowest BCUT2D eigenvalue weighted by molar-refractivity contribution is 0.559. The number of halogens is 1. The van der Waals surface area contributed by atoms with E-state index in [0.29, 0.717) is 5.56 Å². The van der Waals surface area contributed by atoms with Gasteiger partial charge in [0.1, 0.15) is 5.82 Å². The highest BCUT2D eigenvalue weighted by atomic mass is 32.2. The molecule has 116 valence electrons. The van der Waals surface area contributed by atoms with Crippen molar-refractivity contribution in [1.29, 1.82) is 0 Å². The Labute approximate surface area is 135 Å². The summed E-state index contributed by atoms with van der Waals surface area (Å²) >= 11 is -2.07. The van der Waals surface area contributed by atoms with E-state index in [9.17, 15) is 8.60 Å². The van der Waals surface area contributed by atoms with Crippen molar-refractivity contribution in [3.05, 3.63) is 72.6 Å². The van der Waals surface area contributed by atoms with Gasteiger partial charge in [0.2, 0.25) is 0 Å². The van der Waals surface area contributed by atoms with Crippen molar-refractivity contribution in [3.8, 4) is 22.3 Å². The molecule has 0 aliphatic carbocycles. The van der Waals surface area contributed by atoms with Crippen molar-refractivity contribution in [1.82, 2.24) is 9.97 Å². The van der Waals surface area contributed by atoms with Gasteiger partial charge in [0, 0.05) is 41.5 Å². The Bertz CT molecular complexity index is 856. The summed E-state index contributed by atoms with van der Waals surface area (Å²) in [6.45, 7) is 0. The van der Waals surface area contributed by atoms with Crippen LogP contribution in [0.4, 0.5) is 4.39 Å². The van der Waals surface area contributed by atoms with Crippen LogP contribution in [0.5, 0.6) is 0 Å². The summed E-state index contributed by atoms with van der Waals surface area (Å²) in [5, 5.41) is 0. The summed E-state index contributed by atoms with van der Waals surface area (Å²) in [7, 11) is 0. The van der Waals surface area contributed by atoms with Crippen molar-refractivity contribution in [2.45, 2.75) is 5.75 Å². The molecular formula is C17H13FN2O2S. The monoisotopic (exact) mass is 328 g/mol. The molecule has 0 spiro atoms. The number of hydrogen-bond acceptors (Lipinski definition) is 3. The van der Waals surface area contributed by atoms with E-state index in [0.717, 1.165) is 16.7 Å². The van der Waals surface area contributed by atoms with Gasteiger partial charge in [0.05, 0.1) is 5.75 Å². The van der Waals surface area contributed by atoms with Gasteiger partial charge in [-0.3, -0.25) is 9.97 Å². The molecule has 0 aliphatic heterocycles. The Morgan fingerprint density at radius 2 is 1.83 bits per heavy atom. The Morgan fingerprint density at radius 3 is 2.52 bits per heavy atom. The van der Waals surface area contributed by atoms with Crippen LogP contribution in [0.2, 0.25) is 0 Å². The van der Waals surface area contributed by atoms with Gasteiger partial charge < -0.3 is 4.55 Å². The van der Waals surface area contributed by atoms with Crippen molar-refractivity contribution >= 4 is 11.1 Å². The van der Waals surface area contributed by atoms with E-state index in [2.05, 4.69) is 9.97 Å². The SMILES string of the molecule is O=S(O)Cc1ccc(-c2cnccc2-c2cccnc2)cc1F. The van der Waals surface area contributed by atoms with E-state index in [1.807, 2.05) is 18.2 Å².